The quantitative estimate of drug-likeness (QED) is 0.826. The molecule has 0 unspecified atom stereocenters. The zero-order chi connectivity index (χ0) is 16.8. The number of carbonyl (C=O) groups excluding carboxylic acids is 2. The van der Waals surface area contributed by atoms with Crippen molar-refractivity contribution in [1.29, 1.82) is 5.26 Å². The van der Waals surface area contributed by atoms with Gasteiger partial charge < -0.3 is 10.4 Å². The summed E-state index contributed by atoms with van der Waals surface area (Å²) in [6.45, 7) is 1.29. The summed E-state index contributed by atoms with van der Waals surface area (Å²) in [5, 5.41) is 21.8. The summed E-state index contributed by atoms with van der Waals surface area (Å²) in [5.41, 5.74) is 1.30. The highest BCUT2D eigenvalue weighted by Gasteiger charge is 2.29. The molecule has 0 heterocycles. The molecule has 2 atom stereocenters. The summed E-state index contributed by atoms with van der Waals surface area (Å²) < 4.78 is 0. The summed E-state index contributed by atoms with van der Waals surface area (Å²) in [6.07, 6.45) is -1.21. The lowest BCUT2D eigenvalue weighted by Gasteiger charge is -2.23. The molecule has 0 aliphatic carbocycles. The van der Waals surface area contributed by atoms with E-state index in [9.17, 15) is 14.7 Å². The van der Waals surface area contributed by atoms with Crippen molar-refractivity contribution in [3.8, 4) is 6.07 Å². The highest BCUT2D eigenvalue weighted by Crippen LogP contribution is 2.20. The molecule has 2 aromatic carbocycles. The number of nitriles is 1. The minimum Gasteiger partial charge on any atom is -0.386 e. The van der Waals surface area contributed by atoms with Gasteiger partial charge in [0.05, 0.1) is 11.6 Å². The Morgan fingerprint density at radius 3 is 2.22 bits per heavy atom. The van der Waals surface area contributed by atoms with E-state index in [2.05, 4.69) is 5.32 Å². The third-order valence-corrected chi connectivity index (χ3v) is 3.40. The van der Waals surface area contributed by atoms with E-state index < -0.39 is 18.1 Å². The summed E-state index contributed by atoms with van der Waals surface area (Å²) in [4.78, 5) is 24.0. The first-order chi connectivity index (χ1) is 11.0. The normalized spacial score (nSPS) is 12.7. The number of carbonyl (C=O) groups is 2. The van der Waals surface area contributed by atoms with Crippen molar-refractivity contribution in [3.63, 3.8) is 0 Å². The second-order valence-corrected chi connectivity index (χ2v) is 5.09. The largest absolute Gasteiger partial charge is 0.386 e. The van der Waals surface area contributed by atoms with Gasteiger partial charge in [0.1, 0.15) is 12.1 Å². The fourth-order valence-corrected chi connectivity index (χ4v) is 2.24. The molecule has 0 radical (unpaired) electrons. The number of hydrogen-bond acceptors (Lipinski definition) is 4. The Labute approximate surface area is 134 Å². The van der Waals surface area contributed by atoms with Crippen LogP contribution < -0.4 is 5.32 Å². The molecular weight excluding hydrogens is 292 g/mol. The van der Waals surface area contributed by atoms with Gasteiger partial charge in [0, 0.05) is 12.5 Å². The van der Waals surface area contributed by atoms with Crippen LogP contribution in [0.1, 0.15) is 34.5 Å². The van der Waals surface area contributed by atoms with Gasteiger partial charge in [-0.3, -0.25) is 9.59 Å². The third-order valence-electron chi connectivity index (χ3n) is 3.40. The predicted molar refractivity (Wildman–Crippen MR) is 84.5 cm³/mol. The number of nitrogens with one attached hydrogen (secondary N) is 1. The number of rotatable bonds is 5. The smallest absolute Gasteiger partial charge is 0.217 e. The maximum absolute atomic E-state index is 12.6. The number of aliphatic hydroxyl groups excluding tert-OH is 1. The van der Waals surface area contributed by atoms with Gasteiger partial charge >= 0.3 is 0 Å². The van der Waals surface area contributed by atoms with Gasteiger partial charge in [0.15, 0.2) is 5.78 Å². The van der Waals surface area contributed by atoms with Crippen molar-refractivity contribution in [1.82, 2.24) is 5.32 Å². The second-order valence-electron chi connectivity index (χ2n) is 5.09. The standard InChI is InChI=1S/C18H16N2O3/c1-12(21)20-16(17(22)14-5-3-2-4-6-14)18(23)15-9-7-13(11-19)8-10-15/h2-10,16,18,23H,1H3,(H,20,21)/t16-,18-/m1/s1. The molecule has 0 aliphatic rings. The fraction of sp³-hybridized carbons (Fsp3) is 0.167. The Hall–Kier alpha value is -2.97. The Morgan fingerprint density at radius 2 is 1.70 bits per heavy atom. The monoisotopic (exact) mass is 308 g/mol. The van der Waals surface area contributed by atoms with E-state index in [1.54, 1.807) is 54.6 Å². The van der Waals surface area contributed by atoms with E-state index in [-0.39, 0.29) is 5.78 Å². The van der Waals surface area contributed by atoms with E-state index in [4.69, 9.17) is 5.26 Å². The lowest BCUT2D eigenvalue weighted by Crippen LogP contribution is -2.44. The molecule has 2 N–H and O–H groups in total. The molecular formula is C18H16N2O3. The summed E-state index contributed by atoms with van der Waals surface area (Å²) >= 11 is 0. The highest BCUT2D eigenvalue weighted by atomic mass is 16.3. The molecule has 0 bridgehead atoms. The number of aliphatic hydroxyl groups is 1. The topological polar surface area (TPSA) is 90.2 Å². The minimum atomic E-state index is -1.21. The molecule has 2 rings (SSSR count). The first kappa shape index (κ1) is 16.4. The molecule has 0 aliphatic heterocycles. The Kier molecular flexibility index (Phi) is 5.23. The van der Waals surface area contributed by atoms with E-state index in [0.717, 1.165) is 0 Å². The maximum Gasteiger partial charge on any atom is 0.217 e. The highest BCUT2D eigenvalue weighted by molar-refractivity contribution is 6.02. The number of ketones is 1. The number of hydrogen-bond donors (Lipinski definition) is 2. The van der Waals surface area contributed by atoms with Crippen LogP contribution in [0.4, 0.5) is 0 Å². The molecule has 1 amide bonds. The van der Waals surface area contributed by atoms with Gasteiger partial charge in [-0.2, -0.15) is 5.26 Å². The van der Waals surface area contributed by atoms with Crippen molar-refractivity contribution >= 4 is 11.7 Å². The van der Waals surface area contributed by atoms with Crippen molar-refractivity contribution in [3.05, 3.63) is 71.3 Å². The van der Waals surface area contributed by atoms with Crippen LogP contribution in [0.25, 0.3) is 0 Å². The molecule has 0 aromatic heterocycles. The molecule has 5 nitrogen and oxygen atoms in total. The Bertz CT molecular complexity index is 733. The molecule has 0 fully saturated rings. The van der Waals surface area contributed by atoms with Crippen LogP contribution in [-0.4, -0.2) is 22.8 Å². The Balaban J connectivity index is 2.31. The number of amides is 1. The molecule has 2 aromatic rings. The summed E-state index contributed by atoms with van der Waals surface area (Å²) in [7, 11) is 0. The van der Waals surface area contributed by atoms with Crippen LogP contribution in [0.15, 0.2) is 54.6 Å². The molecule has 0 saturated carbocycles. The van der Waals surface area contributed by atoms with Crippen molar-refractivity contribution in [2.24, 2.45) is 0 Å². The molecule has 0 saturated heterocycles. The lowest BCUT2D eigenvalue weighted by atomic mass is 9.94. The summed E-state index contributed by atoms with van der Waals surface area (Å²) in [5.74, 6) is -0.787. The SMILES string of the molecule is CC(=O)N[C@H](C(=O)c1ccccc1)[C@H](O)c1ccc(C#N)cc1. The first-order valence-corrected chi connectivity index (χ1v) is 7.07. The van der Waals surface area contributed by atoms with Gasteiger partial charge in [-0.25, -0.2) is 0 Å². The zero-order valence-electron chi connectivity index (χ0n) is 12.6. The zero-order valence-corrected chi connectivity index (χ0v) is 12.6. The van der Waals surface area contributed by atoms with E-state index >= 15 is 0 Å². The molecule has 5 heteroatoms. The number of Topliss-reactive ketones (excluding diaryl/α,β-unsaturated/α-hetero) is 1. The van der Waals surface area contributed by atoms with Gasteiger partial charge in [-0.1, -0.05) is 42.5 Å². The van der Waals surface area contributed by atoms with Crippen LogP contribution in [0.3, 0.4) is 0 Å². The van der Waals surface area contributed by atoms with Crippen LogP contribution in [-0.2, 0) is 4.79 Å². The van der Waals surface area contributed by atoms with E-state index in [0.29, 0.717) is 16.7 Å². The summed E-state index contributed by atoms with van der Waals surface area (Å²) in [6, 6.07) is 15.6. The average Bonchev–Trinajstić information content (AvgIpc) is 2.59. The third kappa shape index (κ3) is 4.02. The van der Waals surface area contributed by atoms with Crippen molar-refractivity contribution < 1.29 is 14.7 Å². The van der Waals surface area contributed by atoms with Crippen LogP contribution in [0, 0.1) is 11.3 Å². The predicted octanol–water partition coefficient (Wildman–Crippen LogP) is 1.98. The van der Waals surface area contributed by atoms with Crippen molar-refractivity contribution in [2.45, 2.75) is 19.1 Å². The van der Waals surface area contributed by atoms with Gasteiger partial charge in [-0.15, -0.1) is 0 Å². The van der Waals surface area contributed by atoms with Crippen LogP contribution in [0.5, 0.6) is 0 Å². The van der Waals surface area contributed by atoms with Crippen LogP contribution >= 0.6 is 0 Å². The molecule has 0 spiro atoms. The maximum atomic E-state index is 12.6. The minimum absolute atomic E-state index is 0.377. The lowest BCUT2D eigenvalue weighted by molar-refractivity contribution is -0.120. The Morgan fingerprint density at radius 1 is 1.09 bits per heavy atom. The van der Waals surface area contributed by atoms with Gasteiger partial charge in [-0.05, 0) is 17.7 Å². The van der Waals surface area contributed by atoms with E-state index in [1.807, 2.05) is 6.07 Å². The molecule has 116 valence electrons. The average molecular weight is 308 g/mol. The second kappa shape index (κ2) is 7.34. The van der Waals surface area contributed by atoms with Crippen LogP contribution in [0.2, 0.25) is 0 Å². The van der Waals surface area contributed by atoms with Crippen molar-refractivity contribution in [2.75, 3.05) is 0 Å². The van der Waals surface area contributed by atoms with Gasteiger partial charge in [0.25, 0.3) is 0 Å². The number of benzene rings is 2. The van der Waals surface area contributed by atoms with Gasteiger partial charge in [0.2, 0.25) is 5.91 Å². The number of nitrogens with zero attached hydrogens (tertiary/aromatic N) is 1. The first-order valence-electron chi connectivity index (χ1n) is 7.07. The molecule has 23 heavy (non-hydrogen) atoms. The fourth-order valence-electron chi connectivity index (χ4n) is 2.24. The van der Waals surface area contributed by atoms with E-state index in [1.165, 1.54) is 6.92 Å².